The van der Waals surface area contributed by atoms with Crippen LogP contribution >= 0.6 is 0 Å². The molecule has 2 amide bonds. The Hall–Kier alpha value is -2.99. The minimum absolute atomic E-state index is 0.0775. The van der Waals surface area contributed by atoms with Crippen molar-refractivity contribution in [1.29, 1.82) is 0 Å². The van der Waals surface area contributed by atoms with Crippen molar-refractivity contribution in [3.05, 3.63) is 59.7 Å². The van der Waals surface area contributed by atoms with Gasteiger partial charge in [-0.1, -0.05) is 43.2 Å². The number of alkyl carbamates (subject to hydrolysis) is 1. The summed E-state index contributed by atoms with van der Waals surface area (Å²) in [5, 5.41) is 14.3. The number of sulfonamides is 1. The molecule has 2 fully saturated rings. The van der Waals surface area contributed by atoms with E-state index < -0.39 is 28.3 Å². The van der Waals surface area contributed by atoms with Gasteiger partial charge in [-0.05, 0) is 60.9 Å². The molecule has 2 aromatic rings. The van der Waals surface area contributed by atoms with Gasteiger partial charge in [-0.25, -0.2) is 13.2 Å². The van der Waals surface area contributed by atoms with Gasteiger partial charge in [0.15, 0.2) is 0 Å². The molecule has 2 aliphatic heterocycles. The molecule has 2 heterocycles. The number of benzene rings is 2. The maximum atomic E-state index is 14.1. The van der Waals surface area contributed by atoms with Crippen LogP contribution in [0.4, 0.5) is 10.5 Å². The number of nitrogens with zero attached hydrogens (tertiary/aromatic N) is 2. The fraction of sp³-hybridized carbons (Fsp3) is 0.548. The highest BCUT2D eigenvalue weighted by atomic mass is 32.2. The highest BCUT2D eigenvalue weighted by Gasteiger charge is 2.35. The molecule has 5 rings (SSSR count). The van der Waals surface area contributed by atoms with Crippen LogP contribution in [0.15, 0.2) is 53.4 Å². The summed E-state index contributed by atoms with van der Waals surface area (Å²) < 4.78 is 40.4. The molecule has 10 nitrogen and oxygen atoms in total. The molecule has 42 heavy (non-hydrogen) atoms. The monoisotopic (exact) mass is 599 g/mol. The Bertz CT molecular complexity index is 1340. The SMILES string of the molecule is CC(=O)N1CCc2cc(S(=O)(=O)N(CC3CCCC3)C[C@@H](O)[C@H](Cc3ccccc3)NC(=O)O[C@H]3CCOC3)ccc21. The van der Waals surface area contributed by atoms with Crippen LogP contribution in [0.1, 0.15) is 50.2 Å². The Morgan fingerprint density at radius 2 is 1.90 bits per heavy atom. The van der Waals surface area contributed by atoms with Crippen molar-refractivity contribution in [3.63, 3.8) is 0 Å². The normalized spacial score (nSPS) is 20.5. The molecule has 2 N–H and O–H groups in total. The van der Waals surface area contributed by atoms with Gasteiger partial charge in [-0.15, -0.1) is 0 Å². The highest BCUT2D eigenvalue weighted by molar-refractivity contribution is 7.89. The molecule has 3 aliphatic rings. The van der Waals surface area contributed by atoms with Gasteiger partial charge >= 0.3 is 6.09 Å². The molecule has 0 radical (unpaired) electrons. The average Bonchev–Trinajstić information content (AvgIpc) is 3.75. The maximum absolute atomic E-state index is 14.1. The number of fused-ring (bicyclic) bond motifs is 1. The van der Waals surface area contributed by atoms with Gasteiger partial charge in [0.2, 0.25) is 15.9 Å². The van der Waals surface area contributed by atoms with Gasteiger partial charge in [-0.2, -0.15) is 4.31 Å². The molecular formula is C31H41N3O7S. The van der Waals surface area contributed by atoms with Crippen LogP contribution in [-0.4, -0.2) is 80.9 Å². The van der Waals surface area contributed by atoms with Gasteiger partial charge in [0.1, 0.15) is 6.10 Å². The average molecular weight is 600 g/mol. The van der Waals surface area contributed by atoms with Crippen LogP contribution in [-0.2, 0) is 37.1 Å². The number of amides is 2. The first-order valence-electron chi connectivity index (χ1n) is 14.9. The quantitative estimate of drug-likeness (QED) is 0.406. The minimum atomic E-state index is -3.99. The lowest BCUT2D eigenvalue weighted by atomic mass is 10.0. The van der Waals surface area contributed by atoms with E-state index in [0.29, 0.717) is 39.0 Å². The Balaban J connectivity index is 1.38. The lowest BCUT2D eigenvalue weighted by molar-refractivity contribution is -0.116. The molecule has 228 valence electrons. The number of carbonyl (C=O) groups is 2. The Morgan fingerprint density at radius 1 is 1.14 bits per heavy atom. The van der Waals surface area contributed by atoms with Crippen LogP contribution in [0.25, 0.3) is 0 Å². The first kappa shape index (κ1) is 30.5. The highest BCUT2D eigenvalue weighted by Crippen LogP contribution is 2.33. The second-order valence-electron chi connectivity index (χ2n) is 11.6. The summed E-state index contributed by atoms with van der Waals surface area (Å²) in [5.74, 6) is 0.119. The molecule has 1 saturated heterocycles. The fourth-order valence-electron chi connectivity index (χ4n) is 6.20. The molecule has 3 atom stereocenters. The van der Waals surface area contributed by atoms with E-state index in [-0.39, 0.29) is 35.9 Å². The van der Waals surface area contributed by atoms with E-state index >= 15 is 0 Å². The van der Waals surface area contributed by atoms with E-state index in [0.717, 1.165) is 42.5 Å². The molecule has 0 spiro atoms. The summed E-state index contributed by atoms with van der Waals surface area (Å²) in [4.78, 5) is 26.6. The second-order valence-corrected chi connectivity index (χ2v) is 13.5. The van der Waals surface area contributed by atoms with Crippen molar-refractivity contribution in [2.45, 2.75) is 75.0 Å². The molecule has 0 bridgehead atoms. The van der Waals surface area contributed by atoms with Crippen LogP contribution in [0, 0.1) is 5.92 Å². The largest absolute Gasteiger partial charge is 0.444 e. The number of hydrogen-bond acceptors (Lipinski definition) is 7. The van der Waals surface area contributed by atoms with E-state index in [9.17, 15) is 23.1 Å². The first-order valence-corrected chi connectivity index (χ1v) is 16.3. The fourth-order valence-corrected chi connectivity index (χ4v) is 7.78. The van der Waals surface area contributed by atoms with Gasteiger partial charge in [0.25, 0.3) is 0 Å². The maximum Gasteiger partial charge on any atom is 0.407 e. The van der Waals surface area contributed by atoms with E-state index in [2.05, 4.69) is 5.32 Å². The molecule has 1 saturated carbocycles. The molecule has 1 aliphatic carbocycles. The van der Waals surface area contributed by atoms with Crippen molar-refractivity contribution in [3.8, 4) is 0 Å². The van der Waals surface area contributed by atoms with Gasteiger partial charge in [-0.3, -0.25) is 4.79 Å². The van der Waals surface area contributed by atoms with Gasteiger partial charge < -0.3 is 24.8 Å². The number of hydrogen-bond donors (Lipinski definition) is 2. The Morgan fingerprint density at radius 3 is 2.60 bits per heavy atom. The third-order valence-electron chi connectivity index (χ3n) is 8.52. The van der Waals surface area contributed by atoms with Crippen LogP contribution in [0.2, 0.25) is 0 Å². The third-order valence-corrected chi connectivity index (χ3v) is 10.3. The summed E-state index contributed by atoms with van der Waals surface area (Å²) in [6.07, 6.45) is 3.25. The Labute approximate surface area is 248 Å². The minimum Gasteiger partial charge on any atom is -0.444 e. The predicted octanol–water partition coefficient (Wildman–Crippen LogP) is 3.26. The van der Waals surface area contributed by atoms with E-state index in [1.54, 1.807) is 23.1 Å². The topological polar surface area (TPSA) is 125 Å². The van der Waals surface area contributed by atoms with Crippen LogP contribution < -0.4 is 10.2 Å². The summed E-state index contributed by atoms with van der Waals surface area (Å²) in [5.41, 5.74) is 2.45. The van der Waals surface area contributed by atoms with Crippen molar-refractivity contribution >= 4 is 27.7 Å². The summed E-state index contributed by atoms with van der Waals surface area (Å²) >= 11 is 0. The predicted molar refractivity (Wildman–Crippen MR) is 158 cm³/mol. The first-order chi connectivity index (χ1) is 20.2. The number of aliphatic hydroxyl groups is 1. The Kier molecular flexibility index (Phi) is 9.82. The summed E-state index contributed by atoms with van der Waals surface area (Å²) in [6.45, 7) is 2.99. The van der Waals surface area contributed by atoms with Crippen molar-refractivity contribution in [2.75, 3.05) is 37.7 Å². The van der Waals surface area contributed by atoms with Crippen molar-refractivity contribution in [2.24, 2.45) is 5.92 Å². The number of nitrogens with one attached hydrogen (secondary N) is 1. The molecule has 0 aromatic heterocycles. The van der Waals surface area contributed by atoms with Crippen molar-refractivity contribution in [1.82, 2.24) is 9.62 Å². The smallest absolute Gasteiger partial charge is 0.407 e. The van der Waals surface area contributed by atoms with E-state index in [4.69, 9.17) is 9.47 Å². The lowest BCUT2D eigenvalue weighted by Crippen LogP contribution is -2.51. The van der Waals surface area contributed by atoms with Crippen LogP contribution in [0.3, 0.4) is 0 Å². The number of rotatable bonds is 11. The standard InChI is InChI=1S/C31H41N3O7S/c1-22(35)34-15-13-25-18-27(11-12-29(25)34)42(38,39)33(19-24-9-5-6-10-24)20-30(36)28(17-23-7-3-2-4-8-23)32-31(37)41-26-14-16-40-21-26/h2-4,7-8,11-12,18,24,26,28,30,36H,5-6,9-10,13-17,19-21H2,1H3,(H,32,37)/t26-,28-,30+/m0/s1. The van der Waals surface area contributed by atoms with E-state index in [1.807, 2.05) is 30.3 Å². The number of anilines is 1. The number of ether oxygens (including phenoxy) is 2. The van der Waals surface area contributed by atoms with Gasteiger partial charge in [0.05, 0.1) is 30.3 Å². The van der Waals surface area contributed by atoms with Gasteiger partial charge in [0, 0.05) is 38.7 Å². The van der Waals surface area contributed by atoms with E-state index in [1.165, 1.54) is 11.2 Å². The second kappa shape index (κ2) is 13.5. The summed E-state index contributed by atoms with van der Waals surface area (Å²) in [6, 6.07) is 13.6. The van der Waals surface area contributed by atoms with Crippen LogP contribution in [0.5, 0.6) is 0 Å². The molecular weight excluding hydrogens is 558 g/mol. The number of carbonyl (C=O) groups excluding carboxylic acids is 2. The molecule has 11 heteroatoms. The molecule has 0 unspecified atom stereocenters. The lowest BCUT2D eigenvalue weighted by Gasteiger charge is -2.31. The number of aliphatic hydroxyl groups excluding tert-OH is 1. The zero-order valence-corrected chi connectivity index (χ0v) is 24.9. The molecule has 2 aromatic carbocycles. The zero-order chi connectivity index (χ0) is 29.7. The summed E-state index contributed by atoms with van der Waals surface area (Å²) in [7, 11) is -3.99. The zero-order valence-electron chi connectivity index (χ0n) is 24.1. The van der Waals surface area contributed by atoms with Crippen molar-refractivity contribution < 1.29 is 32.6 Å². The third kappa shape index (κ3) is 7.31.